The van der Waals surface area contributed by atoms with Crippen LogP contribution in [0.1, 0.15) is 357 Å². The van der Waals surface area contributed by atoms with Crippen molar-refractivity contribution in [3.05, 3.63) is 0 Å². The monoisotopic (exact) mass is 1340 g/mol. The van der Waals surface area contributed by atoms with Crippen molar-refractivity contribution in [2.45, 2.75) is 375 Å². The van der Waals surface area contributed by atoms with Crippen LogP contribution in [-0.2, 0) is 65.4 Å². The topological polar surface area (TPSA) is 237 Å². The molecule has 0 radical (unpaired) electrons. The standard InChI is InChI=1S/C72H140O17P2/c1-62(2)48-40-32-24-18-14-10-9-11-16-20-27-36-44-52-69(74)82-58-67(89-72(77)55-47-39-29-23-22-26-34-42-50-64(5)6)60-86-90(78,79)84-56-66(73)57-85-91(80,81)87-61-68(59-83-70(75)53-45-37-31-30-35-43-51-65(7)8)88-71(76)54-46-38-28-21-17-13-12-15-19-25-33-41-49-63(3)4/h62-68,73H,9-61H2,1-8H3,(H,78,79)(H,80,81)/t66-,67-,68-/m1/s1. The zero-order valence-electron chi connectivity index (χ0n) is 59.5. The summed E-state index contributed by atoms with van der Waals surface area (Å²) in [6.07, 6.45) is 44.6. The predicted molar refractivity (Wildman–Crippen MR) is 367 cm³/mol. The number of unbranched alkanes of at least 4 members (excludes halogenated alkanes) is 35. The van der Waals surface area contributed by atoms with E-state index in [0.29, 0.717) is 31.6 Å². The highest BCUT2D eigenvalue weighted by Gasteiger charge is 2.30. The minimum absolute atomic E-state index is 0.104. The van der Waals surface area contributed by atoms with Crippen LogP contribution in [0.3, 0.4) is 0 Å². The first-order valence-corrected chi connectivity index (χ1v) is 40.2. The van der Waals surface area contributed by atoms with E-state index in [-0.39, 0.29) is 25.7 Å². The summed E-state index contributed by atoms with van der Waals surface area (Å²) in [5.74, 6) is 0.836. The van der Waals surface area contributed by atoms with E-state index in [1.165, 1.54) is 154 Å². The molecule has 0 aliphatic heterocycles. The van der Waals surface area contributed by atoms with Gasteiger partial charge in [-0.05, 0) is 49.4 Å². The van der Waals surface area contributed by atoms with Gasteiger partial charge in [0, 0.05) is 25.7 Å². The molecule has 0 heterocycles. The second-order valence-electron chi connectivity index (χ2n) is 27.9. The lowest BCUT2D eigenvalue weighted by atomic mass is 10.0. The quantitative estimate of drug-likeness (QED) is 0.0222. The van der Waals surface area contributed by atoms with Gasteiger partial charge in [-0.3, -0.25) is 37.3 Å². The van der Waals surface area contributed by atoms with Crippen LogP contribution in [-0.4, -0.2) is 96.7 Å². The average Bonchev–Trinajstić information content (AvgIpc) is 1.98. The molecule has 0 aromatic rings. The highest BCUT2D eigenvalue weighted by molar-refractivity contribution is 7.47. The fourth-order valence-electron chi connectivity index (χ4n) is 10.8. The Kier molecular flexibility index (Phi) is 60.3. The third-order valence-electron chi connectivity index (χ3n) is 16.6. The molecule has 17 nitrogen and oxygen atoms in total. The van der Waals surface area contributed by atoms with Gasteiger partial charge in [0.15, 0.2) is 12.2 Å². The summed E-state index contributed by atoms with van der Waals surface area (Å²) in [6.45, 7) is 14.1. The number of hydrogen-bond donors (Lipinski definition) is 3. The van der Waals surface area contributed by atoms with Crippen molar-refractivity contribution in [2.24, 2.45) is 23.7 Å². The van der Waals surface area contributed by atoms with E-state index in [9.17, 15) is 43.2 Å². The molecular formula is C72H140O17P2. The van der Waals surface area contributed by atoms with Gasteiger partial charge in [-0.2, -0.15) is 0 Å². The number of hydrogen-bond acceptors (Lipinski definition) is 15. The van der Waals surface area contributed by atoms with Gasteiger partial charge in [0.2, 0.25) is 0 Å². The molecule has 91 heavy (non-hydrogen) atoms. The number of phosphoric acid groups is 2. The molecule has 0 aliphatic rings. The SMILES string of the molecule is CC(C)CCCCCCCCCCCCCCCC(=O)OC[C@H](COP(=O)(O)OC[C@@H](O)COP(=O)(O)OC[C@@H](COC(=O)CCCCCCCCC(C)C)OC(=O)CCCCCCCCCCCCCCC(C)C)OC(=O)CCCCCCCCCCC(C)C. The molecule has 0 saturated carbocycles. The maximum atomic E-state index is 13.0. The first-order chi connectivity index (χ1) is 43.6. The van der Waals surface area contributed by atoms with E-state index in [1.54, 1.807) is 0 Å². The van der Waals surface area contributed by atoms with Gasteiger partial charge in [0.1, 0.15) is 19.3 Å². The number of carbonyl (C=O) groups excluding carboxylic acids is 4. The predicted octanol–water partition coefficient (Wildman–Crippen LogP) is 20.5. The number of aliphatic hydroxyl groups is 1. The van der Waals surface area contributed by atoms with Crippen molar-refractivity contribution in [2.75, 3.05) is 39.6 Å². The molecule has 5 atom stereocenters. The summed E-state index contributed by atoms with van der Waals surface area (Å²) in [5, 5.41) is 10.6. The van der Waals surface area contributed by atoms with Crippen molar-refractivity contribution in [3.8, 4) is 0 Å². The minimum atomic E-state index is -4.95. The zero-order valence-corrected chi connectivity index (χ0v) is 61.3. The van der Waals surface area contributed by atoms with E-state index in [2.05, 4.69) is 55.4 Å². The van der Waals surface area contributed by atoms with Crippen LogP contribution in [0, 0.1) is 23.7 Å². The molecule has 0 saturated heterocycles. The van der Waals surface area contributed by atoms with Gasteiger partial charge in [-0.25, -0.2) is 9.13 Å². The van der Waals surface area contributed by atoms with Crippen molar-refractivity contribution in [1.82, 2.24) is 0 Å². The molecule has 0 aromatic heterocycles. The summed E-state index contributed by atoms with van der Waals surface area (Å²) in [5.41, 5.74) is 0. The fraction of sp³-hybridized carbons (Fsp3) is 0.944. The first kappa shape index (κ1) is 89.1. The van der Waals surface area contributed by atoms with Crippen LogP contribution in [0.2, 0.25) is 0 Å². The molecular weight excluding hydrogens is 1200 g/mol. The van der Waals surface area contributed by atoms with Crippen molar-refractivity contribution < 1.29 is 80.2 Å². The molecule has 0 aliphatic carbocycles. The summed E-state index contributed by atoms with van der Waals surface area (Å²) >= 11 is 0. The van der Waals surface area contributed by atoms with Crippen molar-refractivity contribution in [1.29, 1.82) is 0 Å². The van der Waals surface area contributed by atoms with Gasteiger partial charge in [-0.15, -0.1) is 0 Å². The fourth-order valence-corrected chi connectivity index (χ4v) is 12.4. The molecule has 0 rings (SSSR count). The van der Waals surface area contributed by atoms with Crippen molar-refractivity contribution in [3.63, 3.8) is 0 Å². The van der Waals surface area contributed by atoms with Crippen LogP contribution < -0.4 is 0 Å². The average molecular weight is 1340 g/mol. The number of esters is 4. The van der Waals surface area contributed by atoms with E-state index < -0.39 is 97.5 Å². The maximum absolute atomic E-state index is 13.0. The molecule has 0 aromatic carbocycles. The highest BCUT2D eigenvalue weighted by atomic mass is 31.2. The largest absolute Gasteiger partial charge is 0.472 e. The van der Waals surface area contributed by atoms with E-state index in [0.717, 1.165) is 114 Å². The van der Waals surface area contributed by atoms with E-state index >= 15 is 0 Å². The van der Waals surface area contributed by atoms with Crippen LogP contribution in [0.4, 0.5) is 0 Å². The second kappa shape index (κ2) is 61.6. The molecule has 3 N–H and O–H groups in total. The molecule has 540 valence electrons. The normalized spacial score (nSPS) is 14.2. The number of carbonyl (C=O) groups is 4. The first-order valence-electron chi connectivity index (χ1n) is 37.2. The Hall–Kier alpha value is -1.94. The number of phosphoric ester groups is 2. The lowest BCUT2D eigenvalue weighted by Crippen LogP contribution is -2.30. The Morgan fingerprint density at radius 3 is 0.681 bits per heavy atom. The maximum Gasteiger partial charge on any atom is 0.472 e. The molecule has 19 heteroatoms. The number of aliphatic hydroxyl groups excluding tert-OH is 1. The lowest BCUT2D eigenvalue weighted by molar-refractivity contribution is -0.161. The summed E-state index contributed by atoms with van der Waals surface area (Å²) in [6, 6.07) is 0. The van der Waals surface area contributed by atoms with Gasteiger partial charge in [-0.1, -0.05) is 306 Å². The van der Waals surface area contributed by atoms with E-state index in [1.807, 2.05) is 0 Å². The van der Waals surface area contributed by atoms with Crippen LogP contribution in [0.5, 0.6) is 0 Å². The van der Waals surface area contributed by atoms with Crippen molar-refractivity contribution >= 4 is 39.5 Å². The van der Waals surface area contributed by atoms with Gasteiger partial charge < -0.3 is 33.8 Å². The summed E-state index contributed by atoms with van der Waals surface area (Å²) in [4.78, 5) is 72.6. The Morgan fingerprint density at radius 2 is 0.462 bits per heavy atom. The smallest absolute Gasteiger partial charge is 0.462 e. The Balaban J connectivity index is 5.22. The molecule has 2 unspecified atom stereocenters. The molecule has 0 spiro atoms. The van der Waals surface area contributed by atoms with Gasteiger partial charge >= 0.3 is 39.5 Å². The Bertz CT molecular complexity index is 1800. The van der Waals surface area contributed by atoms with Gasteiger partial charge in [0.05, 0.1) is 26.4 Å². The third kappa shape index (κ3) is 66.5. The molecule has 0 bridgehead atoms. The molecule has 0 amide bonds. The Morgan fingerprint density at radius 1 is 0.275 bits per heavy atom. The Labute approximate surface area is 556 Å². The zero-order chi connectivity index (χ0) is 67.5. The summed E-state index contributed by atoms with van der Waals surface area (Å²) < 4.78 is 68.3. The van der Waals surface area contributed by atoms with Crippen LogP contribution >= 0.6 is 15.6 Å². The van der Waals surface area contributed by atoms with E-state index in [4.69, 9.17) is 37.0 Å². The number of ether oxygens (including phenoxy) is 4. The lowest BCUT2D eigenvalue weighted by Gasteiger charge is -2.21. The van der Waals surface area contributed by atoms with Crippen LogP contribution in [0.15, 0.2) is 0 Å². The second-order valence-corrected chi connectivity index (χ2v) is 30.8. The molecule has 0 fully saturated rings. The third-order valence-corrected chi connectivity index (χ3v) is 18.5. The summed E-state index contributed by atoms with van der Waals surface area (Å²) in [7, 11) is -9.90. The highest BCUT2D eigenvalue weighted by Crippen LogP contribution is 2.45. The van der Waals surface area contributed by atoms with Gasteiger partial charge in [0.25, 0.3) is 0 Å². The van der Waals surface area contributed by atoms with Crippen LogP contribution in [0.25, 0.3) is 0 Å². The number of rotatable bonds is 69. The minimum Gasteiger partial charge on any atom is -0.462 e.